The van der Waals surface area contributed by atoms with Crippen molar-refractivity contribution < 1.29 is 14.7 Å². The Kier molecular flexibility index (Phi) is 1.78. The molecule has 0 saturated carbocycles. The second-order valence-corrected chi connectivity index (χ2v) is 2.72. The number of hydrogen-bond acceptors (Lipinski definition) is 3. The van der Waals surface area contributed by atoms with Gasteiger partial charge in [0.2, 0.25) is 0 Å². The minimum atomic E-state index is -1.06. The average Bonchev–Trinajstić information content (AvgIpc) is 2.59. The van der Waals surface area contributed by atoms with E-state index in [0.29, 0.717) is 12.0 Å². The first-order valence-electron chi connectivity index (χ1n) is 3.88. The van der Waals surface area contributed by atoms with Crippen molar-refractivity contribution in [1.29, 1.82) is 0 Å². The highest BCUT2D eigenvalue weighted by Crippen LogP contribution is 2.10. The molecule has 5 heteroatoms. The number of rotatable bonds is 2. The molecule has 0 amide bonds. The molecule has 2 aromatic heterocycles. The fraction of sp³-hybridized carbons (Fsp3) is 0. The van der Waals surface area contributed by atoms with Crippen LogP contribution < -0.4 is 0 Å². The van der Waals surface area contributed by atoms with Crippen molar-refractivity contribution in [3.63, 3.8) is 0 Å². The van der Waals surface area contributed by atoms with Gasteiger partial charge in [-0.1, -0.05) is 0 Å². The Labute approximate surface area is 78.6 Å². The average molecular weight is 190 g/mol. The lowest BCUT2D eigenvalue weighted by atomic mass is 10.3. The standard InChI is InChI=1S/C9H6N2O3/c12-5-6-4-10-8-7(9(13)14)2-1-3-11(6)8/h1-5H,(H,13,14). The summed E-state index contributed by atoms with van der Waals surface area (Å²) in [7, 11) is 0. The molecule has 5 nitrogen and oxygen atoms in total. The van der Waals surface area contributed by atoms with Crippen LogP contribution in [0, 0.1) is 0 Å². The highest BCUT2D eigenvalue weighted by molar-refractivity contribution is 5.94. The van der Waals surface area contributed by atoms with Crippen LogP contribution >= 0.6 is 0 Å². The summed E-state index contributed by atoms with van der Waals surface area (Å²) in [5.41, 5.74) is 0.700. The third kappa shape index (κ3) is 1.06. The van der Waals surface area contributed by atoms with Gasteiger partial charge in [-0.2, -0.15) is 0 Å². The maximum atomic E-state index is 10.8. The van der Waals surface area contributed by atoms with Crippen LogP contribution in [0.5, 0.6) is 0 Å². The molecule has 0 saturated heterocycles. The van der Waals surface area contributed by atoms with Crippen molar-refractivity contribution in [1.82, 2.24) is 9.38 Å². The summed E-state index contributed by atoms with van der Waals surface area (Å²) in [6.45, 7) is 0. The molecule has 2 rings (SSSR count). The van der Waals surface area contributed by atoms with E-state index in [1.54, 1.807) is 12.3 Å². The lowest BCUT2D eigenvalue weighted by Crippen LogP contribution is -2.01. The van der Waals surface area contributed by atoms with E-state index in [9.17, 15) is 9.59 Å². The first kappa shape index (κ1) is 8.43. The van der Waals surface area contributed by atoms with E-state index < -0.39 is 5.97 Å². The fourth-order valence-corrected chi connectivity index (χ4v) is 1.28. The predicted molar refractivity (Wildman–Crippen MR) is 47.5 cm³/mol. The Hall–Kier alpha value is -2.17. The first-order valence-corrected chi connectivity index (χ1v) is 3.88. The minimum absolute atomic E-state index is 0.0839. The second kappa shape index (κ2) is 2.95. The molecule has 0 aliphatic heterocycles. The van der Waals surface area contributed by atoms with E-state index in [4.69, 9.17) is 5.11 Å². The molecule has 0 radical (unpaired) electrons. The van der Waals surface area contributed by atoms with Crippen molar-refractivity contribution in [2.45, 2.75) is 0 Å². The van der Waals surface area contributed by atoms with Gasteiger partial charge in [0.25, 0.3) is 0 Å². The largest absolute Gasteiger partial charge is 0.478 e. The Morgan fingerprint density at radius 3 is 3.00 bits per heavy atom. The molecule has 0 unspecified atom stereocenters. The molecule has 14 heavy (non-hydrogen) atoms. The lowest BCUT2D eigenvalue weighted by molar-refractivity contribution is 0.0698. The summed E-state index contributed by atoms with van der Waals surface area (Å²) in [6.07, 6.45) is 3.57. The van der Waals surface area contributed by atoms with Gasteiger partial charge in [0.1, 0.15) is 11.3 Å². The Morgan fingerprint density at radius 2 is 2.36 bits per heavy atom. The molecule has 0 fully saturated rings. The lowest BCUT2D eigenvalue weighted by Gasteiger charge is -1.97. The minimum Gasteiger partial charge on any atom is -0.478 e. The highest BCUT2D eigenvalue weighted by Gasteiger charge is 2.11. The van der Waals surface area contributed by atoms with Gasteiger partial charge in [0, 0.05) is 6.20 Å². The van der Waals surface area contributed by atoms with Crippen LogP contribution in [-0.4, -0.2) is 26.7 Å². The zero-order valence-corrected chi connectivity index (χ0v) is 7.04. The fourth-order valence-electron chi connectivity index (χ4n) is 1.28. The van der Waals surface area contributed by atoms with E-state index >= 15 is 0 Å². The molecule has 2 aromatic rings. The molecule has 0 atom stereocenters. The number of fused-ring (bicyclic) bond motifs is 1. The van der Waals surface area contributed by atoms with Gasteiger partial charge in [-0.25, -0.2) is 9.78 Å². The Bertz CT molecular complexity index is 516. The molecule has 0 aliphatic carbocycles. The number of hydrogen-bond donors (Lipinski definition) is 1. The predicted octanol–water partition coefficient (Wildman–Crippen LogP) is 0.845. The van der Waals surface area contributed by atoms with Gasteiger partial charge in [-0.15, -0.1) is 0 Å². The monoisotopic (exact) mass is 190 g/mol. The maximum absolute atomic E-state index is 10.8. The third-order valence-electron chi connectivity index (χ3n) is 1.92. The molecule has 0 bridgehead atoms. The zero-order chi connectivity index (χ0) is 10.1. The summed E-state index contributed by atoms with van der Waals surface area (Å²) in [6, 6.07) is 3.00. The van der Waals surface area contributed by atoms with Gasteiger partial charge in [-0.3, -0.25) is 9.20 Å². The van der Waals surface area contributed by atoms with Gasteiger partial charge in [0.05, 0.1) is 6.20 Å². The van der Waals surface area contributed by atoms with Crippen LogP contribution in [0.25, 0.3) is 5.65 Å². The number of pyridine rings is 1. The number of carbonyl (C=O) groups excluding carboxylic acids is 1. The number of aromatic nitrogens is 2. The number of aldehydes is 1. The molecular weight excluding hydrogens is 184 g/mol. The van der Waals surface area contributed by atoms with Crippen LogP contribution in [0.4, 0.5) is 0 Å². The quantitative estimate of drug-likeness (QED) is 0.712. The molecule has 0 spiro atoms. The molecular formula is C9H6N2O3. The van der Waals surface area contributed by atoms with Crippen molar-refractivity contribution in [3.05, 3.63) is 35.8 Å². The Balaban J connectivity index is 2.82. The smallest absolute Gasteiger partial charge is 0.339 e. The van der Waals surface area contributed by atoms with Gasteiger partial charge in [0.15, 0.2) is 11.9 Å². The molecule has 1 N–H and O–H groups in total. The number of carboxylic acid groups (broad SMARTS) is 1. The maximum Gasteiger partial charge on any atom is 0.339 e. The molecule has 2 heterocycles. The summed E-state index contributed by atoms with van der Waals surface area (Å²) in [4.78, 5) is 25.2. The van der Waals surface area contributed by atoms with E-state index in [2.05, 4.69) is 4.98 Å². The highest BCUT2D eigenvalue weighted by atomic mass is 16.4. The van der Waals surface area contributed by atoms with Gasteiger partial charge < -0.3 is 5.11 Å². The van der Waals surface area contributed by atoms with Crippen LogP contribution in [-0.2, 0) is 0 Å². The van der Waals surface area contributed by atoms with Crippen LogP contribution in [0.2, 0.25) is 0 Å². The van der Waals surface area contributed by atoms with Crippen LogP contribution in [0.15, 0.2) is 24.5 Å². The van der Waals surface area contributed by atoms with E-state index in [0.717, 1.165) is 0 Å². The molecule has 0 aromatic carbocycles. The van der Waals surface area contributed by atoms with E-state index in [1.165, 1.54) is 16.7 Å². The van der Waals surface area contributed by atoms with Gasteiger partial charge in [-0.05, 0) is 12.1 Å². The van der Waals surface area contributed by atoms with Crippen molar-refractivity contribution >= 4 is 17.9 Å². The zero-order valence-electron chi connectivity index (χ0n) is 7.04. The van der Waals surface area contributed by atoms with Crippen molar-refractivity contribution in [2.24, 2.45) is 0 Å². The number of aromatic carboxylic acids is 1. The number of imidazole rings is 1. The number of nitrogens with zero attached hydrogens (tertiary/aromatic N) is 2. The van der Waals surface area contributed by atoms with E-state index in [1.807, 2.05) is 0 Å². The molecule has 70 valence electrons. The Morgan fingerprint density at radius 1 is 1.57 bits per heavy atom. The van der Waals surface area contributed by atoms with E-state index in [-0.39, 0.29) is 11.2 Å². The van der Waals surface area contributed by atoms with Crippen LogP contribution in [0.3, 0.4) is 0 Å². The number of carboxylic acids is 1. The second-order valence-electron chi connectivity index (χ2n) is 2.72. The summed E-state index contributed by atoms with van der Waals surface area (Å²) >= 11 is 0. The SMILES string of the molecule is O=Cc1cnc2c(C(=O)O)cccn12. The van der Waals surface area contributed by atoms with Crippen molar-refractivity contribution in [3.8, 4) is 0 Å². The van der Waals surface area contributed by atoms with Crippen LogP contribution in [0.1, 0.15) is 20.8 Å². The van der Waals surface area contributed by atoms with Gasteiger partial charge >= 0.3 is 5.97 Å². The number of carbonyl (C=O) groups is 2. The summed E-state index contributed by atoms with van der Waals surface area (Å²) in [5, 5.41) is 8.82. The summed E-state index contributed by atoms with van der Waals surface area (Å²) < 4.78 is 1.44. The normalized spacial score (nSPS) is 10.3. The molecule has 0 aliphatic rings. The topological polar surface area (TPSA) is 71.7 Å². The summed E-state index contributed by atoms with van der Waals surface area (Å²) in [5.74, 6) is -1.06. The van der Waals surface area contributed by atoms with Crippen molar-refractivity contribution in [2.75, 3.05) is 0 Å². The third-order valence-corrected chi connectivity index (χ3v) is 1.92. The first-order chi connectivity index (χ1) is 6.74.